The van der Waals surface area contributed by atoms with Gasteiger partial charge in [0.25, 0.3) is 0 Å². The summed E-state index contributed by atoms with van der Waals surface area (Å²) >= 11 is 0. The third-order valence-electron chi connectivity index (χ3n) is 1.55. The molecule has 1 aliphatic heterocycles. The first-order valence-corrected chi connectivity index (χ1v) is 3.82. The average Bonchev–Trinajstić information content (AvgIpc) is 2.72. The van der Waals surface area contributed by atoms with Crippen molar-refractivity contribution in [2.45, 2.75) is 19.4 Å². The predicted octanol–water partition coefficient (Wildman–Crippen LogP) is 0.468. The molecule has 1 aliphatic rings. The fourth-order valence-electron chi connectivity index (χ4n) is 0.842. The van der Waals surface area contributed by atoms with Crippen LogP contribution in [0.25, 0.3) is 0 Å². The Balaban J connectivity index is 2.21. The van der Waals surface area contributed by atoms with Crippen LogP contribution >= 0.6 is 0 Å². The van der Waals surface area contributed by atoms with Crippen molar-refractivity contribution in [1.29, 1.82) is 0 Å². The van der Waals surface area contributed by atoms with E-state index < -0.39 is 0 Å². The first-order valence-electron chi connectivity index (χ1n) is 3.82. The number of esters is 1. The molecule has 0 amide bonds. The molecule has 1 fully saturated rings. The standard InChI is InChI=1S/C8H13NO2/c1-3-11-8(10)6(2)4-7-5-9-7/h7,9H,2-5H2,1H3. The fraction of sp³-hybridized carbons (Fsp3) is 0.625. The van der Waals surface area contributed by atoms with Crippen LogP contribution in [0.3, 0.4) is 0 Å². The van der Waals surface area contributed by atoms with Crippen molar-refractivity contribution in [3.05, 3.63) is 12.2 Å². The van der Waals surface area contributed by atoms with Gasteiger partial charge in [0, 0.05) is 18.2 Å². The molecule has 0 aromatic carbocycles. The fourth-order valence-corrected chi connectivity index (χ4v) is 0.842. The number of nitrogens with one attached hydrogen (secondary N) is 1. The SMILES string of the molecule is C=C(CC1CN1)C(=O)OCC. The van der Waals surface area contributed by atoms with Crippen LogP contribution in [0.4, 0.5) is 0 Å². The molecule has 1 heterocycles. The normalized spacial score (nSPS) is 21.0. The molecule has 1 saturated heterocycles. The van der Waals surface area contributed by atoms with Gasteiger partial charge in [0.15, 0.2) is 0 Å². The molecule has 1 N–H and O–H groups in total. The van der Waals surface area contributed by atoms with Gasteiger partial charge in [-0.15, -0.1) is 0 Å². The number of rotatable bonds is 4. The molecular weight excluding hydrogens is 142 g/mol. The van der Waals surface area contributed by atoms with Crippen LogP contribution in [-0.4, -0.2) is 25.2 Å². The van der Waals surface area contributed by atoms with Gasteiger partial charge in [0.05, 0.1) is 6.61 Å². The summed E-state index contributed by atoms with van der Waals surface area (Å²) in [5.41, 5.74) is 0.571. The van der Waals surface area contributed by atoms with Gasteiger partial charge in [-0.2, -0.15) is 0 Å². The van der Waals surface area contributed by atoms with E-state index >= 15 is 0 Å². The molecule has 3 nitrogen and oxygen atoms in total. The molecule has 1 unspecified atom stereocenters. The highest BCUT2D eigenvalue weighted by Crippen LogP contribution is 2.11. The second kappa shape index (κ2) is 3.53. The minimum Gasteiger partial charge on any atom is -0.463 e. The first kappa shape index (κ1) is 8.27. The molecule has 0 aromatic heterocycles. The Morgan fingerprint density at radius 1 is 1.82 bits per heavy atom. The van der Waals surface area contributed by atoms with Crippen LogP contribution < -0.4 is 5.32 Å². The van der Waals surface area contributed by atoms with Gasteiger partial charge in [-0.05, 0) is 13.3 Å². The molecule has 0 radical (unpaired) electrons. The quantitative estimate of drug-likeness (QED) is 0.364. The lowest BCUT2D eigenvalue weighted by atomic mass is 10.2. The predicted molar refractivity (Wildman–Crippen MR) is 42.2 cm³/mol. The maximum absolute atomic E-state index is 11.0. The van der Waals surface area contributed by atoms with E-state index in [0.717, 1.165) is 13.0 Å². The van der Waals surface area contributed by atoms with Crippen molar-refractivity contribution in [2.75, 3.05) is 13.2 Å². The van der Waals surface area contributed by atoms with E-state index in [9.17, 15) is 4.79 Å². The molecule has 0 aliphatic carbocycles. The Hall–Kier alpha value is -0.830. The molecule has 11 heavy (non-hydrogen) atoms. The number of ether oxygens (including phenoxy) is 1. The summed E-state index contributed by atoms with van der Waals surface area (Å²) in [6, 6.07) is 0.465. The highest BCUT2D eigenvalue weighted by molar-refractivity contribution is 5.87. The van der Waals surface area contributed by atoms with Crippen LogP contribution in [0.5, 0.6) is 0 Å². The van der Waals surface area contributed by atoms with Gasteiger partial charge >= 0.3 is 5.97 Å². The van der Waals surface area contributed by atoms with E-state index in [1.54, 1.807) is 6.92 Å². The molecule has 0 aromatic rings. The van der Waals surface area contributed by atoms with Crippen LogP contribution in [-0.2, 0) is 9.53 Å². The highest BCUT2D eigenvalue weighted by Gasteiger charge is 2.23. The van der Waals surface area contributed by atoms with Gasteiger partial charge in [0.1, 0.15) is 0 Å². The number of carbonyl (C=O) groups is 1. The maximum atomic E-state index is 11.0. The summed E-state index contributed by atoms with van der Waals surface area (Å²) in [6.45, 7) is 6.86. The molecule has 0 spiro atoms. The molecule has 1 atom stereocenters. The molecular formula is C8H13NO2. The zero-order valence-electron chi connectivity index (χ0n) is 6.72. The lowest BCUT2D eigenvalue weighted by Gasteiger charge is -2.02. The number of carbonyl (C=O) groups excluding carboxylic acids is 1. The molecule has 62 valence electrons. The smallest absolute Gasteiger partial charge is 0.333 e. The molecule has 1 rings (SSSR count). The van der Waals surface area contributed by atoms with Crippen molar-refractivity contribution in [1.82, 2.24) is 5.32 Å². The third kappa shape index (κ3) is 2.72. The largest absolute Gasteiger partial charge is 0.463 e. The Kier molecular flexibility index (Phi) is 2.65. The van der Waals surface area contributed by atoms with Gasteiger partial charge in [-0.25, -0.2) is 4.79 Å². The second-order valence-electron chi connectivity index (χ2n) is 2.63. The molecule has 3 heteroatoms. The minimum absolute atomic E-state index is 0.263. The van der Waals surface area contributed by atoms with Crippen LogP contribution in [0.1, 0.15) is 13.3 Å². The van der Waals surface area contributed by atoms with Crippen molar-refractivity contribution < 1.29 is 9.53 Å². The lowest BCUT2D eigenvalue weighted by Crippen LogP contribution is -2.09. The Morgan fingerprint density at radius 2 is 2.45 bits per heavy atom. The summed E-state index contributed by atoms with van der Waals surface area (Å²) in [7, 11) is 0. The van der Waals surface area contributed by atoms with E-state index in [2.05, 4.69) is 11.9 Å². The van der Waals surface area contributed by atoms with Crippen molar-refractivity contribution in [2.24, 2.45) is 0 Å². The summed E-state index contributed by atoms with van der Waals surface area (Å²) < 4.78 is 4.77. The van der Waals surface area contributed by atoms with Gasteiger partial charge in [-0.1, -0.05) is 6.58 Å². The van der Waals surface area contributed by atoms with Crippen molar-refractivity contribution in [3.63, 3.8) is 0 Å². The monoisotopic (exact) mass is 155 g/mol. The first-order chi connectivity index (χ1) is 5.24. The Morgan fingerprint density at radius 3 is 2.91 bits per heavy atom. The second-order valence-corrected chi connectivity index (χ2v) is 2.63. The van der Waals surface area contributed by atoms with Crippen LogP contribution in [0, 0.1) is 0 Å². The van der Waals surface area contributed by atoms with Crippen molar-refractivity contribution >= 4 is 5.97 Å². The summed E-state index contributed by atoms with van der Waals surface area (Å²) in [6.07, 6.45) is 0.721. The van der Waals surface area contributed by atoms with Crippen molar-refractivity contribution in [3.8, 4) is 0 Å². The third-order valence-corrected chi connectivity index (χ3v) is 1.55. The Bertz CT molecular complexity index is 173. The lowest BCUT2D eigenvalue weighted by molar-refractivity contribution is -0.138. The van der Waals surface area contributed by atoms with Crippen LogP contribution in [0.15, 0.2) is 12.2 Å². The van der Waals surface area contributed by atoms with Gasteiger partial charge < -0.3 is 10.1 Å². The minimum atomic E-state index is -0.263. The highest BCUT2D eigenvalue weighted by atomic mass is 16.5. The average molecular weight is 155 g/mol. The number of hydrogen-bond acceptors (Lipinski definition) is 3. The zero-order valence-corrected chi connectivity index (χ0v) is 6.72. The Labute approximate surface area is 66.4 Å². The van der Waals surface area contributed by atoms with Gasteiger partial charge in [-0.3, -0.25) is 0 Å². The van der Waals surface area contributed by atoms with Crippen LogP contribution in [0.2, 0.25) is 0 Å². The van der Waals surface area contributed by atoms with E-state index in [4.69, 9.17) is 4.74 Å². The van der Waals surface area contributed by atoms with E-state index in [1.165, 1.54) is 0 Å². The summed E-state index contributed by atoms with van der Waals surface area (Å²) in [4.78, 5) is 11.0. The topological polar surface area (TPSA) is 48.2 Å². The number of hydrogen-bond donors (Lipinski definition) is 1. The summed E-state index contributed by atoms with van der Waals surface area (Å²) in [5, 5.41) is 3.09. The molecule has 0 bridgehead atoms. The van der Waals surface area contributed by atoms with E-state index in [0.29, 0.717) is 18.2 Å². The van der Waals surface area contributed by atoms with E-state index in [1.807, 2.05) is 0 Å². The summed E-state index contributed by atoms with van der Waals surface area (Å²) in [5.74, 6) is -0.263. The maximum Gasteiger partial charge on any atom is 0.333 e. The molecule has 0 saturated carbocycles. The zero-order chi connectivity index (χ0) is 8.27. The van der Waals surface area contributed by atoms with Gasteiger partial charge in [0.2, 0.25) is 0 Å². The van der Waals surface area contributed by atoms with E-state index in [-0.39, 0.29) is 5.97 Å².